The third kappa shape index (κ3) is 4.42. The third-order valence-corrected chi connectivity index (χ3v) is 7.63. The lowest BCUT2D eigenvalue weighted by Gasteiger charge is -2.22. The molecule has 2 aliphatic rings. The molecule has 4 heterocycles. The monoisotopic (exact) mass is 454 g/mol. The van der Waals surface area contributed by atoms with E-state index in [9.17, 15) is 0 Å². The van der Waals surface area contributed by atoms with Gasteiger partial charge in [0.15, 0.2) is 0 Å². The summed E-state index contributed by atoms with van der Waals surface area (Å²) in [6.07, 6.45) is 11.1. The molecular formula is C29H34N4O. The average molecular weight is 455 g/mol. The first-order chi connectivity index (χ1) is 16.7. The van der Waals surface area contributed by atoms with Crippen LogP contribution in [-0.4, -0.2) is 38.4 Å². The molecule has 4 aromatic rings. The minimum absolute atomic E-state index is 0.0857. The van der Waals surface area contributed by atoms with Crippen LogP contribution in [0.15, 0.2) is 73.2 Å². The van der Waals surface area contributed by atoms with Gasteiger partial charge in [0, 0.05) is 61.1 Å². The first-order valence-electron chi connectivity index (χ1n) is 12.8. The Bertz CT molecular complexity index is 1240. The van der Waals surface area contributed by atoms with E-state index >= 15 is 0 Å². The Hall–Kier alpha value is -2.89. The molecule has 176 valence electrons. The molecule has 34 heavy (non-hydrogen) atoms. The van der Waals surface area contributed by atoms with Crippen molar-refractivity contribution in [2.24, 2.45) is 5.92 Å². The first kappa shape index (κ1) is 21.6. The van der Waals surface area contributed by atoms with Crippen molar-refractivity contribution in [2.75, 3.05) is 13.2 Å². The number of likely N-dealkylation sites (tertiary alicyclic amines) is 1. The number of aromatic nitrogens is 3. The number of hydrogen-bond donors (Lipinski definition) is 0. The lowest BCUT2D eigenvalue weighted by atomic mass is 10.1. The van der Waals surface area contributed by atoms with Gasteiger partial charge in [-0.1, -0.05) is 36.4 Å². The van der Waals surface area contributed by atoms with Crippen molar-refractivity contribution in [3.8, 4) is 11.1 Å². The van der Waals surface area contributed by atoms with Crippen LogP contribution in [-0.2, 0) is 17.8 Å². The van der Waals surface area contributed by atoms with Crippen LogP contribution in [0.5, 0.6) is 0 Å². The van der Waals surface area contributed by atoms with Crippen LogP contribution in [0, 0.1) is 5.92 Å². The van der Waals surface area contributed by atoms with E-state index in [4.69, 9.17) is 4.74 Å². The Balaban J connectivity index is 1.14. The molecule has 0 aliphatic carbocycles. The highest BCUT2D eigenvalue weighted by atomic mass is 16.5. The van der Waals surface area contributed by atoms with Crippen LogP contribution in [0.2, 0.25) is 0 Å². The molecule has 2 saturated heterocycles. The van der Waals surface area contributed by atoms with Crippen LogP contribution in [0.4, 0.5) is 0 Å². The second-order valence-corrected chi connectivity index (χ2v) is 10.1. The van der Waals surface area contributed by atoms with E-state index < -0.39 is 0 Å². The maximum Gasteiger partial charge on any atom is 0.150 e. The predicted octanol–water partition coefficient (Wildman–Crippen LogP) is 6.11. The van der Waals surface area contributed by atoms with Gasteiger partial charge in [-0.2, -0.15) is 5.10 Å². The maximum absolute atomic E-state index is 5.89. The summed E-state index contributed by atoms with van der Waals surface area (Å²) in [6, 6.07) is 20.6. The topological polar surface area (TPSA) is 35.2 Å². The van der Waals surface area contributed by atoms with Gasteiger partial charge in [-0.25, -0.2) is 4.68 Å². The van der Waals surface area contributed by atoms with Gasteiger partial charge in [-0.3, -0.25) is 4.90 Å². The van der Waals surface area contributed by atoms with Gasteiger partial charge in [0.05, 0.1) is 6.20 Å². The van der Waals surface area contributed by atoms with Crippen molar-refractivity contribution >= 4 is 10.9 Å². The van der Waals surface area contributed by atoms with Crippen molar-refractivity contribution in [1.82, 2.24) is 19.2 Å². The fourth-order valence-corrected chi connectivity index (χ4v) is 5.78. The van der Waals surface area contributed by atoms with Crippen molar-refractivity contribution in [2.45, 2.75) is 58.0 Å². The molecular weight excluding hydrogens is 420 g/mol. The normalized spacial score (nSPS) is 23.6. The summed E-state index contributed by atoms with van der Waals surface area (Å²) in [5.41, 5.74) is 5.11. The predicted molar refractivity (Wildman–Crippen MR) is 136 cm³/mol. The molecule has 2 aromatic heterocycles. The van der Waals surface area contributed by atoms with Gasteiger partial charge in [-0.15, -0.1) is 0 Å². The minimum atomic E-state index is 0.0857. The Morgan fingerprint density at radius 2 is 1.94 bits per heavy atom. The number of nitrogens with zero attached hydrogens (tertiary/aromatic N) is 4. The summed E-state index contributed by atoms with van der Waals surface area (Å²) < 4.78 is 10.3. The van der Waals surface area contributed by atoms with Crippen LogP contribution in [0.3, 0.4) is 0 Å². The molecule has 0 amide bonds. The first-order valence-corrected chi connectivity index (χ1v) is 12.8. The van der Waals surface area contributed by atoms with Crippen LogP contribution < -0.4 is 0 Å². The highest BCUT2D eigenvalue weighted by molar-refractivity contribution is 5.85. The van der Waals surface area contributed by atoms with E-state index in [-0.39, 0.29) is 6.23 Å². The standard InChI is InChI=1S/C29H34N4O/c1-22-15-24(20-32(22)18-23-7-3-2-4-8-23)19-31-13-12-26-16-25(10-11-28(26)31)27-17-30-33(21-27)29-9-5-6-14-34-29/h2-4,7-8,10-13,16-17,21-22,24,29H,5-6,9,14-15,18-20H2,1H3/t22-,24+,29+/m1/s1. The second kappa shape index (κ2) is 9.40. The largest absolute Gasteiger partial charge is 0.357 e. The van der Waals surface area contributed by atoms with Gasteiger partial charge < -0.3 is 9.30 Å². The number of hydrogen-bond acceptors (Lipinski definition) is 3. The van der Waals surface area contributed by atoms with Gasteiger partial charge in [0.25, 0.3) is 0 Å². The smallest absolute Gasteiger partial charge is 0.150 e. The summed E-state index contributed by atoms with van der Waals surface area (Å²) in [6.45, 7) is 6.50. The summed E-state index contributed by atoms with van der Waals surface area (Å²) in [4.78, 5) is 2.64. The average Bonchev–Trinajstić information content (AvgIpc) is 3.60. The zero-order valence-electron chi connectivity index (χ0n) is 20.0. The fourth-order valence-electron chi connectivity index (χ4n) is 5.78. The molecule has 0 unspecified atom stereocenters. The van der Waals surface area contributed by atoms with Crippen LogP contribution in [0.25, 0.3) is 22.0 Å². The highest BCUT2D eigenvalue weighted by Crippen LogP contribution is 2.30. The molecule has 5 nitrogen and oxygen atoms in total. The molecule has 0 bridgehead atoms. The number of ether oxygens (including phenoxy) is 1. The second-order valence-electron chi connectivity index (χ2n) is 10.1. The lowest BCUT2D eigenvalue weighted by Crippen LogP contribution is -2.26. The zero-order chi connectivity index (χ0) is 22.9. The van der Waals surface area contributed by atoms with E-state index in [1.165, 1.54) is 34.9 Å². The molecule has 6 rings (SSSR count). The molecule has 0 radical (unpaired) electrons. The van der Waals surface area contributed by atoms with E-state index in [0.717, 1.165) is 44.6 Å². The third-order valence-electron chi connectivity index (χ3n) is 7.63. The lowest BCUT2D eigenvalue weighted by molar-refractivity contribution is -0.0394. The minimum Gasteiger partial charge on any atom is -0.357 e. The summed E-state index contributed by atoms with van der Waals surface area (Å²) in [7, 11) is 0. The quantitative estimate of drug-likeness (QED) is 0.352. The van der Waals surface area contributed by atoms with Gasteiger partial charge >= 0.3 is 0 Å². The number of fused-ring (bicyclic) bond motifs is 1. The molecule has 0 N–H and O–H groups in total. The van der Waals surface area contributed by atoms with Gasteiger partial charge in [0.2, 0.25) is 0 Å². The fraction of sp³-hybridized carbons (Fsp3) is 0.414. The summed E-state index contributed by atoms with van der Waals surface area (Å²) >= 11 is 0. The Morgan fingerprint density at radius 1 is 1.03 bits per heavy atom. The van der Waals surface area contributed by atoms with Crippen molar-refractivity contribution in [3.05, 3.63) is 78.8 Å². The van der Waals surface area contributed by atoms with E-state index in [2.05, 4.69) is 88.5 Å². The zero-order valence-corrected chi connectivity index (χ0v) is 20.0. The van der Waals surface area contributed by atoms with Crippen LogP contribution in [0.1, 0.15) is 44.4 Å². The van der Waals surface area contributed by atoms with Gasteiger partial charge in [-0.05, 0) is 67.9 Å². The molecule has 3 atom stereocenters. The van der Waals surface area contributed by atoms with Crippen molar-refractivity contribution in [1.29, 1.82) is 0 Å². The van der Waals surface area contributed by atoms with Crippen molar-refractivity contribution < 1.29 is 4.74 Å². The summed E-state index contributed by atoms with van der Waals surface area (Å²) in [5, 5.41) is 5.89. The highest BCUT2D eigenvalue weighted by Gasteiger charge is 2.29. The van der Waals surface area contributed by atoms with E-state index in [0.29, 0.717) is 12.0 Å². The van der Waals surface area contributed by atoms with Crippen LogP contribution >= 0.6 is 0 Å². The molecule has 5 heteroatoms. The Labute approximate surface area is 201 Å². The van der Waals surface area contributed by atoms with Crippen molar-refractivity contribution in [3.63, 3.8) is 0 Å². The number of benzene rings is 2. The number of rotatable bonds is 6. The summed E-state index contributed by atoms with van der Waals surface area (Å²) in [5.74, 6) is 0.683. The Kier molecular flexibility index (Phi) is 5.98. The molecule has 2 fully saturated rings. The molecule has 0 saturated carbocycles. The van der Waals surface area contributed by atoms with E-state index in [1.807, 2.05) is 10.9 Å². The Morgan fingerprint density at radius 3 is 2.79 bits per heavy atom. The molecule has 2 aromatic carbocycles. The molecule has 2 aliphatic heterocycles. The maximum atomic E-state index is 5.89. The molecule has 0 spiro atoms. The van der Waals surface area contributed by atoms with E-state index in [1.54, 1.807) is 0 Å². The SMILES string of the molecule is C[C@@H]1C[C@@H](Cn2ccc3cc(-c4cnn([C@@H]5CCCCO5)c4)ccc32)CN1Cc1ccccc1. The van der Waals surface area contributed by atoms with Gasteiger partial charge in [0.1, 0.15) is 6.23 Å².